The van der Waals surface area contributed by atoms with Crippen molar-refractivity contribution in [2.45, 2.75) is 38.2 Å². The molecule has 3 rings (SSSR count). The van der Waals surface area contributed by atoms with Crippen molar-refractivity contribution in [3.8, 4) is 0 Å². The highest BCUT2D eigenvalue weighted by atomic mass is 16.6. The molecule has 0 radical (unpaired) electrons. The molecule has 5 nitrogen and oxygen atoms in total. The zero-order chi connectivity index (χ0) is 15.2. The Morgan fingerprint density at radius 1 is 1.43 bits per heavy atom. The molecule has 2 N–H and O–H groups in total. The van der Waals surface area contributed by atoms with Crippen molar-refractivity contribution in [2.75, 3.05) is 6.61 Å². The van der Waals surface area contributed by atoms with Crippen molar-refractivity contribution >= 4 is 10.8 Å². The van der Waals surface area contributed by atoms with Gasteiger partial charge in [0.05, 0.1) is 12.7 Å². The molecule has 1 aromatic carbocycles. The Morgan fingerprint density at radius 2 is 2.19 bits per heavy atom. The summed E-state index contributed by atoms with van der Waals surface area (Å²) in [5.41, 5.74) is 0.00252. The molecule has 0 bridgehead atoms. The van der Waals surface area contributed by atoms with E-state index < -0.39 is 17.9 Å². The zero-order valence-corrected chi connectivity index (χ0v) is 12.1. The fraction of sp³-hybridized carbons (Fsp3) is 0.438. The first-order valence-corrected chi connectivity index (χ1v) is 7.04. The lowest BCUT2D eigenvalue weighted by molar-refractivity contribution is -0.107. The molecule has 0 spiro atoms. The minimum absolute atomic E-state index is 0.152. The van der Waals surface area contributed by atoms with E-state index in [9.17, 15) is 15.0 Å². The molecule has 1 saturated heterocycles. The quantitative estimate of drug-likeness (QED) is 0.869. The molecule has 0 aliphatic carbocycles. The number of aryl methyl sites for hydroxylation is 1. The maximum absolute atomic E-state index is 12.7. The number of rotatable bonds is 2. The third kappa shape index (κ3) is 2.27. The van der Waals surface area contributed by atoms with Gasteiger partial charge in [-0.2, -0.15) is 0 Å². The number of pyridine rings is 1. The highest BCUT2D eigenvalue weighted by Gasteiger charge is 2.44. The fourth-order valence-electron chi connectivity index (χ4n) is 3.03. The molecule has 2 aromatic rings. The van der Waals surface area contributed by atoms with Crippen molar-refractivity contribution in [1.29, 1.82) is 0 Å². The predicted molar refractivity (Wildman–Crippen MR) is 79.2 cm³/mol. The van der Waals surface area contributed by atoms with Crippen molar-refractivity contribution in [1.82, 2.24) is 4.57 Å². The monoisotopic (exact) mass is 289 g/mol. The van der Waals surface area contributed by atoms with Gasteiger partial charge in [0.15, 0.2) is 0 Å². The Balaban J connectivity index is 2.11. The minimum atomic E-state index is -0.941. The van der Waals surface area contributed by atoms with E-state index in [0.29, 0.717) is 5.39 Å². The van der Waals surface area contributed by atoms with Gasteiger partial charge in [0.25, 0.3) is 5.56 Å². The number of benzene rings is 1. The number of aliphatic hydroxyl groups is 2. The van der Waals surface area contributed by atoms with Gasteiger partial charge in [-0.1, -0.05) is 17.7 Å². The molecule has 3 atom stereocenters. The van der Waals surface area contributed by atoms with Gasteiger partial charge in [-0.3, -0.25) is 9.36 Å². The third-order valence-corrected chi connectivity index (χ3v) is 4.17. The number of ether oxygens (including phenoxy) is 1. The number of hydrogen-bond acceptors (Lipinski definition) is 4. The van der Waals surface area contributed by atoms with Gasteiger partial charge in [-0.15, -0.1) is 0 Å². The topological polar surface area (TPSA) is 71.7 Å². The lowest BCUT2D eigenvalue weighted by atomic mass is 10.1. The smallest absolute Gasteiger partial charge is 0.260 e. The van der Waals surface area contributed by atoms with E-state index in [1.54, 1.807) is 13.1 Å². The Morgan fingerprint density at radius 3 is 2.86 bits per heavy atom. The van der Waals surface area contributed by atoms with Crippen LogP contribution in [0.5, 0.6) is 0 Å². The maximum Gasteiger partial charge on any atom is 0.260 e. The van der Waals surface area contributed by atoms with Crippen molar-refractivity contribution in [3.63, 3.8) is 0 Å². The molecule has 0 amide bonds. The second kappa shape index (κ2) is 4.94. The van der Waals surface area contributed by atoms with Crippen LogP contribution in [0.2, 0.25) is 0 Å². The Hall–Kier alpha value is -1.69. The van der Waals surface area contributed by atoms with Crippen LogP contribution in [-0.4, -0.2) is 33.6 Å². The molecule has 112 valence electrons. The van der Waals surface area contributed by atoms with Gasteiger partial charge in [0.2, 0.25) is 0 Å². The summed E-state index contributed by atoms with van der Waals surface area (Å²) in [4.78, 5) is 12.7. The summed E-state index contributed by atoms with van der Waals surface area (Å²) >= 11 is 0. The largest absolute Gasteiger partial charge is 0.394 e. The molecule has 0 saturated carbocycles. The first-order chi connectivity index (χ1) is 9.94. The Kier molecular flexibility index (Phi) is 3.36. The van der Waals surface area contributed by atoms with Gasteiger partial charge in [0, 0.05) is 18.0 Å². The van der Waals surface area contributed by atoms with Crippen LogP contribution in [0.25, 0.3) is 10.8 Å². The van der Waals surface area contributed by atoms with Crippen LogP contribution >= 0.6 is 0 Å². The SMILES string of the molecule is Cc1ccc2c(=O)n([C@@]3(C)CC(O)[C@@H](CO)O3)ccc2c1. The summed E-state index contributed by atoms with van der Waals surface area (Å²) in [6.07, 6.45) is 0.530. The lowest BCUT2D eigenvalue weighted by Gasteiger charge is -2.27. The number of aromatic nitrogens is 1. The molecule has 1 unspecified atom stereocenters. The zero-order valence-electron chi connectivity index (χ0n) is 12.1. The van der Waals surface area contributed by atoms with Gasteiger partial charge >= 0.3 is 0 Å². The van der Waals surface area contributed by atoms with Crippen LogP contribution in [0.15, 0.2) is 35.3 Å². The molecule has 1 fully saturated rings. The number of hydrogen-bond donors (Lipinski definition) is 2. The van der Waals surface area contributed by atoms with Gasteiger partial charge in [0.1, 0.15) is 11.8 Å². The predicted octanol–water partition coefficient (Wildman–Crippen LogP) is 1.12. The van der Waals surface area contributed by atoms with Crippen LogP contribution in [0, 0.1) is 6.92 Å². The molecule has 1 aliphatic rings. The van der Waals surface area contributed by atoms with E-state index in [1.165, 1.54) is 4.57 Å². The van der Waals surface area contributed by atoms with Gasteiger partial charge < -0.3 is 14.9 Å². The summed E-state index contributed by atoms with van der Waals surface area (Å²) < 4.78 is 7.22. The first-order valence-electron chi connectivity index (χ1n) is 7.04. The van der Waals surface area contributed by atoms with Crippen LogP contribution in [0.1, 0.15) is 18.9 Å². The van der Waals surface area contributed by atoms with E-state index in [4.69, 9.17) is 4.74 Å². The second-order valence-corrected chi connectivity index (χ2v) is 5.87. The van der Waals surface area contributed by atoms with E-state index in [2.05, 4.69) is 0 Å². The molecular formula is C16H19NO4. The molecule has 5 heteroatoms. The standard InChI is InChI=1S/C16H19NO4/c1-10-3-4-12-11(7-10)5-6-17(15(12)20)16(2)8-13(19)14(9-18)21-16/h3-7,13-14,18-19H,8-9H2,1-2H3/t13?,14-,16-/m1/s1. The van der Waals surface area contributed by atoms with E-state index >= 15 is 0 Å². The summed E-state index contributed by atoms with van der Waals surface area (Å²) in [6, 6.07) is 7.54. The normalized spacial score (nSPS) is 29.1. The van der Waals surface area contributed by atoms with E-state index in [-0.39, 0.29) is 18.6 Å². The number of nitrogens with zero attached hydrogens (tertiary/aromatic N) is 1. The Bertz CT molecular complexity index is 739. The van der Waals surface area contributed by atoms with Crippen molar-refractivity contribution < 1.29 is 14.9 Å². The number of fused-ring (bicyclic) bond motifs is 1. The molecule has 2 heterocycles. The van der Waals surface area contributed by atoms with Gasteiger partial charge in [-0.25, -0.2) is 0 Å². The molecule has 1 aliphatic heterocycles. The maximum atomic E-state index is 12.7. The summed E-state index contributed by atoms with van der Waals surface area (Å²) in [6.45, 7) is 3.47. The van der Waals surface area contributed by atoms with E-state index in [1.807, 2.05) is 31.2 Å². The highest BCUT2D eigenvalue weighted by molar-refractivity contribution is 5.82. The summed E-state index contributed by atoms with van der Waals surface area (Å²) in [5.74, 6) is 0. The Labute approximate surface area is 122 Å². The number of aliphatic hydroxyl groups excluding tert-OH is 2. The minimum Gasteiger partial charge on any atom is -0.394 e. The van der Waals surface area contributed by atoms with Crippen LogP contribution in [0.3, 0.4) is 0 Å². The third-order valence-electron chi connectivity index (χ3n) is 4.17. The second-order valence-electron chi connectivity index (χ2n) is 5.87. The molecule has 21 heavy (non-hydrogen) atoms. The van der Waals surface area contributed by atoms with Crippen molar-refractivity contribution in [3.05, 3.63) is 46.4 Å². The first kappa shape index (κ1) is 14.3. The van der Waals surface area contributed by atoms with Gasteiger partial charge in [-0.05, 0) is 31.4 Å². The lowest BCUT2D eigenvalue weighted by Crippen LogP contribution is -2.38. The average molecular weight is 289 g/mol. The van der Waals surface area contributed by atoms with Crippen molar-refractivity contribution in [2.24, 2.45) is 0 Å². The summed E-state index contributed by atoms with van der Waals surface area (Å²) in [5, 5.41) is 20.6. The fourth-order valence-corrected chi connectivity index (χ4v) is 3.03. The highest BCUT2D eigenvalue weighted by Crippen LogP contribution is 2.34. The average Bonchev–Trinajstić information content (AvgIpc) is 2.74. The van der Waals surface area contributed by atoms with Crippen LogP contribution in [-0.2, 0) is 10.5 Å². The molecular weight excluding hydrogens is 270 g/mol. The van der Waals surface area contributed by atoms with Crippen LogP contribution < -0.4 is 5.56 Å². The summed E-state index contributed by atoms with van der Waals surface area (Å²) in [7, 11) is 0. The van der Waals surface area contributed by atoms with Crippen LogP contribution in [0.4, 0.5) is 0 Å². The van der Waals surface area contributed by atoms with E-state index in [0.717, 1.165) is 10.9 Å². The molecule has 1 aromatic heterocycles.